The van der Waals surface area contributed by atoms with Crippen LogP contribution in [0.5, 0.6) is 5.75 Å². The maximum Gasteiger partial charge on any atom is 0.141 e. The second kappa shape index (κ2) is 6.42. The number of hydrogen-bond acceptors (Lipinski definition) is 2. The van der Waals surface area contributed by atoms with Gasteiger partial charge in [0.15, 0.2) is 0 Å². The number of aryl methyl sites for hydroxylation is 1. The fourth-order valence-electron chi connectivity index (χ4n) is 2.41. The molecule has 1 aliphatic rings. The number of carbonyl (C=O) groups is 1. The smallest absolute Gasteiger partial charge is 0.141 e. The van der Waals surface area contributed by atoms with Crippen molar-refractivity contribution in [2.45, 2.75) is 45.4 Å². The first kappa shape index (κ1) is 14.4. The Bertz CT molecular complexity index is 452. The number of benzene rings is 1. The second-order valence-electron chi connectivity index (χ2n) is 5.58. The van der Waals surface area contributed by atoms with Crippen LogP contribution in [0.4, 0.5) is 0 Å². The highest BCUT2D eigenvalue weighted by Crippen LogP contribution is 2.37. The Balaban J connectivity index is 2.19. The van der Waals surface area contributed by atoms with Gasteiger partial charge in [0.2, 0.25) is 0 Å². The summed E-state index contributed by atoms with van der Waals surface area (Å²) in [7, 11) is 0. The second-order valence-corrected chi connectivity index (χ2v) is 5.98. The van der Waals surface area contributed by atoms with E-state index in [1.807, 2.05) is 19.9 Å². The summed E-state index contributed by atoms with van der Waals surface area (Å²) in [6, 6.07) is 4.00. The van der Waals surface area contributed by atoms with E-state index >= 15 is 0 Å². The standard InChI is InChI=1S/C16H21ClO2/c1-11-8-14(12(2)6-7-18)16(15(17)9-11)19-10-13-4-3-5-13/h7-9,12-13H,3-6,10H2,1-2H3. The van der Waals surface area contributed by atoms with Gasteiger partial charge in [0.25, 0.3) is 0 Å². The van der Waals surface area contributed by atoms with E-state index in [9.17, 15) is 4.79 Å². The third kappa shape index (κ3) is 3.50. The molecule has 0 bridgehead atoms. The van der Waals surface area contributed by atoms with Crippen LogP contribution < -0.4 is 4.74 Å². The molecule has 1 fully saturated rings. The zero-order valence-electron chi connectivity index (χ0n) is 11.6. The van der Waals surface area contributed by atoms with Crippen molar-refractivity contribution in [3.05, 3.63) is 28.3 Å². The van der Waals surface area contributed by atoms with Crippen molar-refractivity contribution in [1.82, 2.24) is 0 Å². The van der Waals surface area contributed by atoms with E-state index in [1.165, 1.54) is 19.3 Å². The molecule has 1 aliphatic carbocycles. The molecule has 19 heavy (non-hydrogen) atoms. The van der Waals surface area contributed by atoms with Gasteiger partial charge in [0.05, 0.1) is 11.6 Å². The molecule has 0 heterocycles. The average molecular weight is 281 g/mol. The lowest BCUT2D eigenvalue weighted by Gasteiger charge is -2.26. The first-order valence-electron chi connectivity index (χ1n) is 6.98. The van der Waals surface area contributed by atoms with Crippen LogP contribution in [0.2, 0.25) is 5.02 Å². The molecule has 1 atom stereocenters. The van der Waals surface area contributed by atoms with Gasteiger partial charge in [-0.2, -0.15) is 0 Å². The summed E-state index contributed by atoms with van der Waals surface area (Å²) in [4.78, 5) is 10.7. The number of carbonyl (C=O) groups excluding carboxylic acids is 1. The fraction of sp³-hybridized carbons (Fsp3) is 0.562. The Morgan fingerprint density at radius 1 is 1.47 bits per heavy atom. The number of halogens is 1. The normalized spacial score (nSPS) is 16.8. The summed E-state index contributed by atoms with van der Waals surface area (Å²) in [6.45, 7) is 4.79. The molecule has 0 aromatic heterocycles. The minimum absolute atomic E-state index is 0.145. The van der Waals surface area contributed by atoms with Crippen LogP contribution in [0, 0.1) is 12.8 Å². The molecule has 1 saturated carbocycles. The van der Waals surface area contributed by atoms with Crippen molar-refractivity contribution in [3.8, 4) is 5.75 Å². The number of ether oxygens (including phenoxy) is 1. The van der Waals surface area contributed by atoms with E-state index in [4.69, 9.17) is 16.3 Å². The molecule has 0 N–H and O–H groups in total. The van der Waals surface area contributed by atoms with Gasteiger partial charge in [-0.05, 0) is 48.8 Å². The molecular formula is C16H21ClO2. The minimum atomic E-state index is 0.145. The van der Waals surface area contributed by atoms with E-state index in [0.717, 1.165) is 29.8 Å². The van der Waals surface area contributed by atoms with Crippen LogP contribution in [-0.4, -0.2) is 12.9 Å². The largest absolute Gasteiger partial charge is 0.491 e. The lowest BCUT2D eigenvalue weighted by molar-refractivity contribution is -0.108. The van der Waals surface area contributed by atoms with Crippen molar-refractivity contribution in [3.63, 3.8) is 0 Å². The third-order valence-corrected chi connectivity index (χ3v) is 4.17. The highest BCUT2D eigenvalue weighted by Gasteiger charge is 2.21. The van der Waals surface area contributed by atoms with Crippen LogP contribution in [-0.2, 0) is 4.79 Å². The van der Waals surface area contributed by atoms with E-state index in [0.29, 0.717) is 17.4 Å². The third-order valence-electron chi connectivity index (χ3n) is 3.89. The molecule has 1 aromatic carbocycles. The molecule has 2 rings (SSSR count). The maximum atomic E-state index is 10.7. The molecule has 1 unspecified atom stereocenters. The van der Waals surface area contributed by atoms with Crippen molar-refractivity contribution in [1.29, 1.82) is 0 Å². The summed E-state index contributed by atoms with van der Waals surface area (Å²) in [5, 5.41) is 0.659. The van der Waals surface area contributed by atoms with E-state index < -0.39 is 0 Å². The minimum Gasteiger partial charge on any atom is -0.491 e. The van der Waals surface area contributed by atoms with Gasteiger partial charge in [0, 0.05) is 6.42 Å². The zero-order chi connectivity index (χ0) is 13.8. The molecule has 0 aliphatic heterocycles. The Morgan fingerprint density at radius 3 is 2.79 bits per heavy atom. The van der Waals surface area contributed by atoms with Crippen molar-refractivity contribution in [2.75, 3.05) is 6.61 Å². The molecule has 0 radical (unpaired) electrons. The summed E-state index contributed by atoms with van der Waals surface area (Å²) < 4.78 is 5.95. The monoisotopic (exact) mass is 280 g/mol. The van der Waals surface area contributed by atoms with Crippen molar-refractivity contribution in [2.24, 2.45) is 5.92 Å². The Labute approximate surface area is 120 Å². The Hall–Kier alpha value is -1.02. The van der Waals surface area contributed by atoms with Gasteiger partial charge in [0.1, 0.15) is 12.0 Å². The van der Waals surface area contributed by atoms with Gasteiger partial charge in [-0.25, -0.2) is 0 Å². The molecule has 104 valence electrons. The quantitative estimate of drug-likeness (QED) is 0.716. The lowest BCUT2D eigenvalue weighted by atomic mass is 9.86. The average Bonchev–Trinajstić information content (AvgIpc) is 2.29. The highest BCUT2D eigenvalue weighted by atomic mass is 35.5. The molecule has 0 saturated heterocycles. The molecule has 0 amide bonds. The molecule has 3 heteroatoms. The first-order chi connectivity index (χ1) is 9.11. The van der Waals surface area contributed by atoms with Gasteiger partial charge >= 0.3 is 0 Å². The van der Waals surface area contributed by atoms with Gasteiger partial charge in [-0.1, -0.05) is 31.0 Å². The Kier molecular flexibility index (Phi) is 4.87. The molecule has 0 spiro atoms. The van der Waals surface area contributed by atoms with E-state index in [1.54, 1.807) is 0 Å². The summed E-state index contributed by atoms with van der Waals surface area (Å²) in [6.07, 6.45) is 5.27. The zero-order valence-corrected chi connectivity index (χ0v) is 12.4. The number of rotatable bonds is 6. The van der Waals surface area contributed by atoms with Crippen LogP contribution in [0.15, 0.2) is 12.1 Å². The van der Waals surface area contributed by atoms with Gasteiger partial charge in [-0.15, -0.1) is 0 Å². The number of hydrogen-bond donors (Lipinski definition) is 0. The molecule has 2 nitrogen and oxygen atoms in total. The van der Waals surface area contributed by atoms with Crippen LogP contribution in [0.25, 0.3) is 0 Å². The van der Waals surface area contributed by atoms with Crippen molar-refractivity contribution >= 4 is 17.9 Å². The van der Waals surface area contributed by atoms with Crippen LogP contribution in [0.3, 0.4) is 0 Å². The number of aldehydes is 1. The van der Waals surface area contributed by atoms with Gasteiger partial charge in [-0.3, -0.25) is 0 Å². The highest BCUT2D eigenvalue weighted by molar-refractivity contribution is 6.32. The van der Waals surface area contributed by atoms with E-state index in [-0.39, 0.29) is 5.92 Å². The lowest BCUT2D eigenvalue weighted by Crippen LogP contribution is -2.20. The van der Waals surface area contributed by atoms with E-state index in [2.05, 4.69) is 6.07 Å². The first-order valence-corrected chi connectivity index (χ1v) is 7.36. The maximum absolute atomic E-state index is 10.7. The van der Waals surface area contributed by atoms with Crippen LogP contribution >= 0.6 is 11.6 Å². The molecular weight excluding hydrogens is 260 g/mol. The van der Waals surface area contributed by atoms with Crippen LogP contribution in [0.1, 0.15) is 49.7 Å². The molecule has 1 aromatic rings. The summed E-state index contributed by atoms with van der Waals surface area (Å²) in [5.74, 6) is 1.59. The summed E-state index contributed by atoms with van der Waals surface area (Å²) >= 11 is 6.31. The predicted octanol–water partition coefficient (Wildman–Crippen LogP) is 4.52. The van der Waals surface area contributed by atoms with Gasteiger partial charge < -0.3 is 9.53 Å². The Morgan fingerprint density at radius 2 is 2.21 bits per heavy atom. The summed E-state index contributed by atoms with van der Waals surface area (Å²) in [5.41, 5.74) is 2.16. The van der Waals surface area contributed by atoms with Crippen molar-refractivity contribution < 1.29 is 9.53 Å². The predicted molar refractivity (Wildman–Crippen MR) is 78.1 cm³/mol. The SMILES string of the molecule is Cc1cc(Cl)c(OCC2CCC2)c(C(C)CC=O)c1. The topological polar surface area (TPSA) is 26.3 Å². The fourth-order valence-corrected chi connectivity index (χ4v) is 2.74.